The first-order valence-corrected chi connectivity index (χ1v) is 9.32. The smallest absolute Gasteiger partial charge is 0.399 e. The van der Waals surface area contributed by atoms with Gasteiger partial charge in [-0.3, -0.25) is 4.98 Å². The zero-order valence-electron chi connectivity index (χ0n) is 16.1. The maximum absolute atomic E-state index is 6.30. The monoisotopic (exact) mass is 330 g/mol. The highest BCUT2D eigenvalue weighted by Crippen LogP contribution is 2.37. The number of aromatic nitrogens is 1. The summed E-state index contributed by atoms with van der Waals surface area (Å²) < 4.78 is 12.6. The number of hydrogen-bond donors (Lipinski definition) is 0. The minimum absolute atomic E-state index is 0.326. The van der Waals surface area contributed by atoms with Gasteiger partial charge < -0.3 is 14.2 Å². The van der Waals surface area contributed by atoms with Crippen molar-refractivity contribution in [1.82, 2.24) is 4.98 Å². The first-order chi connectivity index (χ1) is 11.2. The summed E-state index contributed by atoms with van der Waals surface area (Å²) in [6.45, 7) is 15.0. The Morgan fingerprint density at radius 1 is 1.04 bits per heavy atom. The average Bonchev–Trinajstić information content (AvgIpc) is 2.75. The molecule has 0 atom stereocenters. The molecule has 132 valence electrons. The first kappa shape index (κ1) is 17.7. The molecule has 3 heterocycles. The van der Waals surface area contributed by atoms with Crippen LogP contribution in [0, 0.1) is 0 Å². The van der Waals surface area contributed by atoms with Crippen LogP contribution in [0.2, 0.25) is 0 Å². The van der Waals surface area contributed by atoms with E-state index in [1.165, 1.54) is 24.9 Å². The largest absolute Gasteiger partial charge is 0.496 e. The lowest BCUT2D eigenvalue weighted by Gasteiger charge is -2.32. The number of nitrogens with zero attached hydrogens (tertiary/aromatic N) is 2. The summed E-state index contributed by atoms with van der Waals surface area (Å²) in [5.41, 5.74) is 2.71. The lowest BCUT2D eigenvalue weighted by atomic mass is 9.75. The molecule has 0 N–H and O–H groups in total. The molecule has 0 spiro atoms. The van der Waals surface area contributed by atoms with E-state index in [4.69, 9.17) is 14.3 Å². The summed E-state index contributed by atoms with van der Waals surface area (Å²) in [6.07, 6.45) is 5.88. The van der Waals surface area contributed by atoms with Crippen molar-refractivity contribution in [2.24, 2.45) is 0 Å². The van der Waals surface area contributed by atoms with E-state index in [-0.39, 0.29) is 18.3 Å². The Hall–Kier alpha value is -1.07. The van der Waals surface area contributed by atoms with Crippen molar-refractivity contribution in [3.05, 3.63) is 18.0 Å². The Morgan fingerprint density at radius 2 is 1.62 bits per heavy atom. The highest BCUT2D eigenvalue weighted by Gasteiger charge is 2.52. The van der Waals surface area contributed by atoms with E-state index in [1.807, 2.05) is 6.20 Å². The third kappa shape index (κ3) is 3.21. The third-order valence-electron chi connectivity index (χ3n) is 5.71. The second kappa shape index (κ2) is 6.34. The van der Waals surface area contributed by atoms with Gasteiger partial charge in [-0.1, -0.05) is 13.8 Å². The van der Waals surface area contributed by atoms with E-state index < -0.39 is 0 Å². The van der Waals surface area contributed by atoms with E-state index in [0.29, 0.717) is 5.92 Å². The topological polar surface area (TPSA) is 34.6 Å². The molecule has 3 rings (SSSR count). The summed E-state index contributed by atoms with van der Waals surface area (Å²) >= 11 is 0. The number of hydrogen-bond acceptors (Lipinski definition) is 4. The molecule has 0 amide bonds. The van der Waals surface area contributed by atoms with Crippen LogP contribution < -0.4 is 10.4 Å². The van der Waals surface area contributed by atoms with Crippen LogP contribution in [0.25, 0.3) is 0 Å². The summed E-state index contributed by atoms with van der Waals surface area (Å²) in [7, 11) is -0.343. The van der Waals surface area contributed by atoms with Gasteiger partial charge in [-0.25, -0.2) is 0 Å². The highest BCUT2D eigenvalue weighted by atomic mass is 16.7. The Morgan fingerprint density at radius 3 is 2.17 bits per heavy atom. The van der Waals surface area contributed by atoms with Crippen LogP contribution in [0.1, 0.15) is 72.4 Å². The number of piperidine rings is 1. The zero-order chi connectivity index (χ0) is 17.5. The quantitative estimate of drug-likeness (QED) is 0.795. The summed E-state index contributed by atoms with van der Waals surface area (Å²) in [6, 6.07) is 2.25. The first-order valence-electron chi connectivity index (χ1n) is 9.32. The fourth-order valence-electron chi connectivity index (χ4n) is 3.45. The van der Waals surface area contributed by atoms with Crippen molar-refractivity contribution in [1.29, 1.82) is 0 Å². The second-order valence-corrected chi connectivity index (χ2v) is 8.46. The minimum atomic E-state index is -0.343. The van der Waals surface area contributed by atoms with Crippen molar-refractivity contribution in [2.45, 2.75) is 77.9 Å². The number of pyridine rings is 1. The SMILES string of the molecule is CC(C)c1ncc(N2CCCCC2)cc1B1OC(C)(C)C(C)(C)O1. The van der Waals surface area contributed by atoms with Crippen LogP contribution in [0.5, 0.6) is 0 Å². The van der Waals surface area contributed by atoms with Gasteiger partial charge in [-0.2, -0.15) is 0 Å². The molecule has 2 aliphatic heterocycles. The van der Waals surface area contributed by atoms with Gasteiger partial charge in [0.2, 0.25) is 0 Å². The maximum atomic E-state index is 6.30. The molecule has 0 unspecified atom stereocenters. The van der Waals surface area contributed by atoms with Crippen LogP contribution in [0.4, 0.5) is 5.69 Å². The molecule has 5 heteroatoms. The lowest BCUT2D eigenvalue weighted by molar-refractivity contribution is 0.00578. The van der Waals surface area contributed by atoms with Crippen LogP contribution in [0.3, 0.4) is 0 Å². The van der Waals surface area contributed by atoms with Crippen LogP contribution >= 0.6 is 0 Å². The molecular weight excluding hydrogens is 299 g/mol. The lowest BCUT2D eigenvalue weighted by Crippen LogP contribution is -2.41. The third-order valence-corrected chi connectivity index (χ3v) is 5.71. The minimum Gasteiger partial charge on any atom is -0.399 e. The highest BCUT2D eigenvalue weighted by molar-refractivity contribution is 6.62. The second-order valence-electron chi connectivity index (χ2n) is 8.46. The van der Waals surface area contributed by atoms with Gasteiger partial charge in [0.15, 0.2) is 0 Å². The van der Waals surface area contributed by atoms with Gasteiger partial charge >= 0.3 is 7.12 Å². The van der Waals surface area contributed by atoms with Gasteiger partial charge in [0.25, 0.3) is 0 Å². The van der Waals surface area contributed by atoms with Gasteiger partial charge in [-0.15, -0.1) is 0 Å². The normalized spacial score (nSPS) is 23.1. The predicted octanol–water partition coefficient (Wildman–Crippen LogP) is 3.49. The van der Waals surface area contributed by atoms with Gasteiger partial charge in [0.1, 0.15) is 0 Å². The molecule has 2 aliphatic rings. The molecule has 1 aromatic heterocycles. The van der Waals surface area contributed by atoms with E-state index >= 15 is 0 Å². The van der Waals surface area contributed by atoms with E-state index in [9.17, 15) is 0 Å². The average molecular weight is 330 g/mol. The molecule has 0 aliphatic carbocycles. The zero-order valence-corrected chi connectivity index (χ0v) is 16.1. The standard InChI is InChI=1S/C19H31BN2O2/c1-14(2)17-16(20-23-18(3,4)19(5,6)24-20)12-15(13-21-17)22-10-8-7-9-11-22/h12-14H,7-11H2,1-6H3. The van der Waals surface area contributed by atoms with Crippen LogP contribution in [0.15, 0.2) is 12.3 Å². The van der Waals surface area contributed by atoms with Gasteiger partial charge in [0, 0.05) is 24.2 Å². The Balaban J connectivity index is 1.95. The van der Waals surface area contributed by atoms with Crippen LogP contribution in [-0.2, 0) is 9.31 Å². The Labute approximate surface area is 147 Å². The molecule has 0 radical (unpaired) electrons. The summed E-state index contributed by atoms with van der Waals surface area (Å²) in [5, 5.41) is 0. The predicted molar refractivity (Wildman–Crippen MR) is 100 cm³/mol. The Bertz CT molecular complexity index is 579. The molecule has 1 aromatic rings. The van der Waals surface area contributed by atoms with Crippen molar-refractivity contribution in [3.63, 3.8) is 0 Å². The Kier molecular flexibility index (Phi) is 4.69. The number of anilines is 1. The van der Waals surface area contributed by atoms with Crippen molar-refractivity contribution in [2.75, 3.05) is 18.0 Å². The molecule has 2 saturated heterocycles. The fourth-order valence-corrected chi connectivity index (χ4v) is 3.45. The summed E-state index contributed by atoms with van der Waals surface area (Å²) in [4.78, 5) is 7.23. The molecule has 24 heavy (non-hydrogen) atoms. The van der Waals surface area contributed by atoms with Crippen molar-refractivity contribution >= 4 is 18.3 Å². The van der Waals surface area contributed by atoms with Crippen LogP contribution in [-0.4, -0.2) is 36.4 Å². The van der Waals surface area contributed by atoms with Crippen molar-refractivity contribution in [3.8, 4) is 0 Å². The number of rotatable bonds is 3. The molecule has 0 saturated carbocycles. The maximum Gasteiger partial charge on any atom is 0.496 e. The van der Waals surface area contributed by atoms with E-state index in [1.54, 1.807) is 0 Å². The van der Waals surface area contributed by atoms with Crippen molar-refractivity contribution < 1.29 is 9.31 Å². The molecule has 0 bridgehead atoms. The molecular formula is C19H31BN2O2. The summed E-state index contributed by atoms with van der Waals surface area (Å²) in [5.74, 6) is 0.342. The van der Waals surface area contributed by atoms with Gasteiger partial charge in [-0.05, 0) is 58.9 Å². The molecule has 0 aromatic carbocycles. The van der Waals surface area contributed by atoms with Gasteiger partial charge in [0.05, 0.1) is 23.1 Å². The molecule has 4 nitrogen and oxygen atoms in total. The molecule has 2 fully saturated rings. The van der Waals surface area contributed by atoms with E-state index in [2.05, 4.69) is 52.5 Å². The fraction of sp³-hybridized carbons (Fsp3) is 0.737. The van der Waals surface area contributed by atoms with E-state index in [0.717, 1.165) is 24.2 Å².